The van der Waals surface area contributed by atoms with Crippen molar-refractivity contribution in [2.24, 2.45) is 0 Å². The second kappa shape index (κ2) is 10.8. The van der Waals surface area contributed by atoms with Gasteiger partial charge in [-0.3, -0.25) is 19.5 Å². The maximum atomic E-state index is 12.7. The van der Waals surface area contributed by atoms with Crippen LogP contribution in [0.25, 0.3) is 0 Å². The van der Waals surface area contributed by atoms with Crippen LogP contribution in [-0.4, -0.2) is 59.9 Å². The van der Waals surface area contributed by atoms with Crippen LogP contribution < -0.4 is 14.8 Å². The Kier molecular flexibility index (Phi) is 7.39. The first-order valence-corrected chi connectivity index (χ1v) is 11.1. The predicted molar refractivity (Wildman–Crippen MR) is 129 cm³/mol. The van der Waals surface area contributed by atoms with E-state index in [2.05, 4.69) is 15.2 Å². The molecule has 1 atom stereocenters. The molecule has 2 heterocycles. The first kappa shape index (κ1) is 23.3. The number of rotatable bonds is 7. The van der Waals surface area contributed by atoms with Crippen molar-refractivity contribution in [3.8, 4) is 17.2 Å². The van der Waals surface area contributed by atoms with Gasteiger partial charge in [0.25, 0.3) is 0 Å². The van der Waals surface area contributed by atoms with Crippen LogP contribution in [-0.2, 0) is 9.59 Å². The number of aromatic nitrogens is 1. The number of benzene rings is 2. The second-order valence-corrected chi connectivity index (χ2v) is 8.10. The largest absolute Gasteiger partial charge is 0.497 e. The number of anilines is 1. The fourth-order valence-corrected chi connectivity index (χ4v) is 4.02. The molecule has 1 aliphatic rings. The van der Waals surface area contributed by atoms with Gasteiger partial charge >= 0.3 is 0 Å². The van der Waals surface area contributed by atoms with Gasteiger partial charge in [-0.1, -0.05) is 12.1 Å². The number of nitrogens with one attached hydrogen (secondary N) is 1. The Labute approximate surface area is 199 Å². The van der Waals surface area contributed by atoms with Gasteiger partial charge in [0.1, 0.15) is 17.2 Å². The van der Waals surface area contributed by atoms with Crippen LogP contribution in [0.4, 0.5) is 5.69 Å². The molecule has 2 amide bonds. The number of pyridine rings is 1. The van der Waals surface area contributed by atoms with E-state index >= 15 is 0 Å². The van der Waals surface area contributed by atoms with Gasteiger partial charge in [-0.05, 0) is 54.1 Å². The average molecular weight is 461 g/mol. The van der Waals surface area contributed by atoms with E-state index in [-0.39, 0.29) is 24.4 Å². The van der Waals surface area contributed by atoms with Crippen molar-refractivity contribution in [3.63, 3.8) is 0 Å². The van der Waals surface area contributed by atoms with Crippen LogP contribution in [0.1, 0.15) is 18.5 Å². The smallest absolute Gasteiger partial charge is 0.238 e. The Balaban J connectivity index is 1.35. The molecule has 0 radical (unpaired) electrons. The highest BCUT2D eigenvalue weighted by atomic mass is 16.5. The highest BCUT2D eigenvalue weighted by Gasteiger charge is 2.30. The monoisotopic (exact) mass is 460 g/mol. The van der Waals surface area contributed by atoms with Crippen molar-refractivity contribution >= 4 is 17.5 Å². The van der Waals surface area contributed by atoms with Gasteiger partial charge in [0.15, 0.2) is 0 Å². The van der Waals surface area contributed by atoms with Crippen molar-refractivity contribution in [3.05, 3.63) is 78.6 Å². The molecule has 0 unspecified atom stereocenters. The minimum absolute atomic E-state index is 0.0264. The molecule has 3 aromatic rings. The van der Waals surface area contributed by atoms with Crippen LogP contribution in [0, 0.1) is 0 Å². The van der Waals surface area contributed by atoms with E-state index in [1.807, 2.05) is 35.2 Å². The van der Waals surface area contributed by atoms with Crippen molar-refractivity contribution in [2.45, 2.75) is 13.0 Å². The molecular formula is C26H28N4O4. The number of carbonyl (C=O) groups is 2. The average Bonchev–Trinajstić information content (AvgIpc) is 2.86. The number of hydrogen-bond donors (Lipinski definition) is 1. The molecule has 0 aliphatic carbocycles. The van der Waals surface area contributed by atoms with E-state index in [0.29, 0.717) is 36.8 Å². The summed E-state index contributed by atoms with van der Waals surface area (Å²) < 4.78 is 11.0. The molecule has 1 saturated heterocycles. The van der Waals surface area contributed by atoms with Gasteiger partial charge in [-0.25, -0.2) is 0 Å². The predicted octanol–water partition coefficient (Wildman–Crippen LogP) is 3.73. The molecule has 0 bridgehead atoms. The van der Waals surface area contributed by atoms with Crippen molar-refractivity contribution in [2.75, 3.05) is 38.6 Å². The summed E-state index contributed by atoms with van der Waals surface area (Å²) in [5.74, 6) is 2.00. The van der Waals surface area contributed by atoms with Crippen LogP contribution in [0.2, 0.25) is 0 Å². The van der Waals surface area contributed by atoms with Crippen LogP contribution >= 0.6 is 0 Å². The normalized spacial score (nSPS) is 16.1. The Morgan fingerprint density at radius 1 is 1.00 bits per heavy atom. The lowest BCUT2D eigenvalue weighted by Crippen LogP contribution is -2.51. The summed E-state index contributed by atoms with van der Waals surface area (Å²) in [5, 5.41) is 2.94. The number of carbonyl (C=O) groups excluding carboxylic acids is 2. The molecule has 1 aliphatic heterocycles. The Hall–Kier alpha value is -3.91. The molecule has 2 aromatic carbocycles. The number of methoxy groups -OCH3 is 1. The van der Waals surface area contributed by atoms with Gasteiger partial charge in [0.2, 0.25) is 11.8 Å². The fourth-order valence-electron chi connectivity index (χ4n) is 4.02. The van der Waals surface area contributed by atoms with E-state index in [4.69, 9.17) is 9.47 Å². The third-order valence-corrected chi connectivity index (χ3v) is 5.74. The lowest BCUT2D eigenvalue weighted by Gasteiger charge is -2.41. The Morgan fingerprint density at radius 2 is 1.74 bits per heavy atom. The van der Waals surface area contributed by atoms with E-state index in [1.165, 1.54) is 0 Å². The van der Waals surface area contributed by atoms with E-state index in [0.717, 1.165) is 11.3 Å². The summed E-state index contributed by atoms with van der Waals surface area (Å²) >= 11 is 0. The maximum Gasteiger partial charge on any atom is 0.238 e. The molecular weight excluding hydrogens is 432 g/mol. The van der Waals surface area contributed by atoms with Crippen LogP contribution in [0.5, 0.6) is 17.2 Å². The molecule has 176 valence electrons. The zero-order valence-corrected chi connectivity index (χ0v) is 19.3. The summed E-state index contributed by atoms with van der Waals surface area (Å²) in [6.07, 6.45) is 3.32. The molecule has 34 heavy (non-hydrogen) atoms. The Bertz CT molecular complexity index is 1100. The van der Waals surface area contributed by atoms with E-state index < -0.39 is 0 Å². The SMILES string of the molecule is COc1ccc([C@H]2CN(CC(=O)Nc3ccc(Oc4cccnc4)cc3)CCN2C(C)=O)cc1. The van der Waals surface area contributed by atoms with Crippen LogP contribution in [0.3, 0.4) is 0 Å². The first-order chi connectivity index (χ1) is 16.5. The van der Waals surface area contributed by atoms with E-state index in [9.17, 15) is 9.59 Å². The minimum atomic E-state index is -0.117. The quantitative estimate of drug-likeness (QED) is 0.579. The third kappa shape index (κ3) is 5.90. The number of hydrogen-bond acceptors (Lipinski definition) is 6. The zero-order chi connectivity index (χ0) is 23.9. The maximum absolute atomic E-state index is 12.7. The lowest BCUT2D eigenvalue weighted by molar-refractivity contribution is -0.134. The third-order valence-electron chi connectivity index (χ3n) is 5.74. The first-order valence-electron chi connectivity index (χ1n) is 11.1. The number of ether oxygens (including phenoxy) is 2. The van der Waals surface area contributed by atoms with Gasteiger partial charge in [0.05, 0.1) is 25.9 Å². The summed E-state index contributed by atoms with van der Waals surface area (Å²) in [6, 6.07) is 18.4. The fraction of sp³-hybridized carbons (Fsp3) is 0.269. The zero-order valence-electron chi connectivity index (χ0n) is 19.3. The van der Waals surface area contributed by atoms with Crippen molar-refractivity contribution in [1.82, 2.24) is 14.8 Å². The van der Waals surface area contributed by atoms with Crippen molar-refractivity contribution in [1.29, 1.82) is 0 Å². The Morgan fingerprint density at radius 3 is 2.38 bits per heavy atom. The molecule has 8 heteroatoms. The summed E-state index contributed by atoms with van der Waals surface area (Å²) in [6.45, 7) is 3.61. The van der Waals surface area contributed by atoms with Gasteiger partial charge in [0, 0.05) is 38.4 Å². The van der Waals surface area contributed by atoms with E-state index in [1.54, 1.807) is 56.8 Å². The minimum Gasteiger partial charge on any atom is -0.497 e. The number of piperazine rings is 1. The standard InChI is InChI=1S/C26H28N4O4/c1-19(31)30-15-14-29(17-25(30)20-5-9-22(33-2)10-6-20)18-26(32)28-21-7-11-23(12-8-21)34-24-4-3-13-27-16-24/h3-13,16,25H,14-15,17-18H2,1-2H3,(H,28,32)/t25-/m1/s1. The molecule has 8 nitrogen and oxygen atoms in total. The number of nitrogens with zero attached hydrogens (tertiary/aromatic N) is 3. The topological polar surface area (TPSA) is 84.0 Å². The van der Waals surface area contributed by atoms with Crippen LogP contribution in [0.15, 0.2) is 73.1 Å². The van der Waals surface area contributed by atoms with Gasteiger partial charge in [-0.2, -0.15) is 0 Å². The second-order valence-electron chi connectivity index (χ2n) is 8.10. The summed E-state index contributed by atoms with van der Waals surface area (Å²) in [5.41, 5.74) is 1.71. The highest BCUT2D eigenvalue weighted by Crippen LogP contribution is 2.27. The van der Waals surface area contributed by atoms with Gasteiger partial charge in [-0.15, -0.1) is 0 Å². The van der Waals surface area contributed by atoms with Gasteiger partial charge < -0.3 is 19.7 Å². The number of amides is 2. The highest BCUT2D eigenvalue weighted by molar-refractivity contribution is 5.92. The molecule has 1 fully saturated rings. The molecule has 4 rings (SSSR count). The van der Waals surface area contributed by atoms with Crippen molar-refractivity contribution < 1.29 is 19.1 Å². The molecule has 1 N–H and O–H groups in total. The molecule has 0 spiro atoms. The summed E-state index contributed by atoms with van der Waals surface area (Å²) in [4.78, 5) is 32.9. The molecule has 0 saturated carbocycles. The lowest BCUT2D eigenvalue weighted by atomic mass is 10.0. The molecule has 1 aromatic heterocycles. The summed E-state index contributed by atoms with van der Waals surface area (Å²) in [7, 11) is 1.62.